The first-order valence-corrected chi connectivity index (χ1v) is 10.1. The summed E-state index contributed by atoms with van der Waals surface area (Å²) in [5, 5.41) is 1.18. The number of carbonyl (C=O) groups excluding carboxylic acids is 1. The molecule has 1 aromatic heterocycles. The molecule has 2 heterocycles. The number of thiazole rings is 1. The lowest BCUT2D eigenvalue weighted by Crippen LogP contribution is -3.13. The minimum Gasteiger partial charge on any atom is -0.497 e. The van der Waals surface area contributed by atoms with Gasteiger partial charge in [-0.3, -0.25) is 4.79 Å². The lowest BCUT2D eigenvalue weighted by atomic mass is 10.1. The number of fused-ring (bicyclic) bond motifs is 1. The fraction of sp³-hybridized carbons (Fsp3) is 0.333. The molecule has 0 atom stereocenters. The Hall–Kier alpha value is -2.44. The quantitative estimate of drug-likeness (QED) is 0.732. The number of aromatic nitrogens is 1. The number of nitrogens with zero attached hydrogens (tertiary/aromatic N) is 2. The molecule has 1 fully saturated rings. The van der Waals surface area contributed by atoms with E-state index in [0.29, 0.717) is 6.42 Å². The monoisotopic (exact) mass is 382 g/mol. The smallest absolute Gasteiger partial charge is 0.227 e. The minimum atomic E-state index is 0.208. The molecule has 27 heavy (non-hydrogen) atoms. The summed E-state index contributed by atoms with van der Waals surface area (Å²) in [6.07, 6.45) is 0.456. The van der Waals surface area contributed by atoms with E-state index in [1.807, 2.05) is 35.2 Å². The van der Waals surface area contributed by atoms with E-state index in [2.05, 4.69) is 18.2 Å². The SMILES string of the molecule is COc1ccc(CC(=O)N2CC[NH+](Cc3nc4ccccc4s3)CC2)cc1. The van der Waals surface area contributed by atoms with Crippen molar-refractivity contribution in [3.63, 3.8) is 0 Å². The van der Waals surface area contributed by atoms with E-state index in [-0.39, 0.29) is 5.91 Å². The summed E-state index contributed by atoms with van der Waals surface area (Å²) in [4.78, 5) is 20.8. The zero-order valence-corrected chi connectivity index (χ0v) is 16.3. The highest BCUT2D eigenvalue weighted by Crippen LogP contribution is 2.20. The Labute approximate surface area is 163 Å². The van der Waals surface area contributed by atoms with E-state index >= 15 is 0 Å². The van der Waals surface area contributed by atoms with Gasteiger partial charge in [-0.05, 0) is 29.8 Å². The van der Waals surface area contributed by atoms with Gasteiger partial charge in [-0.2, -0.15) is 0 Å². The summed E-state index contributed by atoms with van der Waals surface area (Å²) in [6, 6.07) is 16.0. The number of benzene rings is 2. The lowest BCUT2D eigenvalue weighted by molar-refractivity contribution is -0.917. The summed E-state index contributed by atoms with van der Waals surface area (Å²) in [6.45, 7) is 4.53. The Morgan fingerprint density at radius 3 is 2.59 bits per heavy atom. The maximum Gasteiger partial charge on any atom is 0.227 e. The van der Waals surface area contributed by atoms with Gasteiger partial charge >= 0.3 is 0 Å². The molecule has 4 rings (SSSR count). The summed E-state index contributed by atoms with van der Waals surface area (Å²) in [5.41, 5.74) is 2.12. The van der Waals surface area contributed by atoms with Crippen LogP contribution < -0.4 is 9.64 Å². The van der Waals surface area contributed by atoms with Gasteiger partial charge in [0, 0.05) is 0 Å². The zero-order valence-electron chi connectivity index (χ0n) is 15.5. The fourth-order valence-corrected chi connectivity index (χ4v) is 4.53. The fourth-order valence-electron chi connectivity index (χ4n) is 3.49. The highest BCUT2D eigenvalue weighted by atomic mass is 32.1. The second-order valence-electron chi connectivity index (χ2n) is 6.91. The molecule has 5 nitrogen and oxygen atoms in total. The predicted octanol–water partition coefficient (Wildman–Crippen LogP) is 1.77. The number of piperazine rings is 1. The molecule has 1 saturated heterocycles. The standard InChI is InChI=1S/C21H23N3O2S/c1-26-17-8-6-16(7-9-17)14-21(25)24-12-10-23(11-13-24)15-20-22-18-4-2-3-5-19(18)27-20/h2-9H,10-15H2,1H3/p+1. The van der Waals surface area contributed by atoms with E-state index in [0.717, 1.165) is 49.6 Å². The molecule has 0 radical (unpaired) electrons. The van der Waals surface area contributed by atoms with E-state index < -0.39 is 0 Å². The maximum absolute atomic E-state index is 12.6. The van der Waals surface area contributed by atoms with Crippen molar-refractivity contribution in [3.8, 4) is 5.75 Å². The van der Waals surface area contributed by atoms with E-state index in [9.17, 15) is 4.79 Å². The number of nitrogens with one attached hydrogen (secondary N) is 1. The lowest BCUT2D eigenvalue weighted by Gasteiger charge is -2.32. The van der Waals surface area contributed by atoms with Crippen LogP contribution in [-0.4, -0.2) is 49.1 Å². The van der Waals surface area contributed by atoms with Crippen molar-refractivity contribution in [1.82, 2.24) is 9.88 Å². The topological polar surface area (TPSA) is 46.9 Å². The summed E-state index contributed by atoms with van der Waals surface area (Å²) in [7, 11) is 1.65. The molecule has 0 aliphatic carbocycles. The second-order valence-corrected chi connectivity index (χ2v) is 8.02. The average molecular weight is 383 g/mol. The molecule has 2 aromatic carbocycles. The molecular formula is C21H24N3O2S+. The van der Waals surface area contributed by atoms with Crippen LogP contribution in [0.4, 0.5) is 0 Å². The molecule has 6 heteroatoms. The van der Waals surface area contributed by atoms with E-state index in [1.165, 1.54) is 14.6 Å². The van der Waals surface area contributed by atoms with Crippen LogP contribution in [0, 0.1) is 0 Å². The van der Waals surface area contributed by atoms with Crippen molar-refractivity contribution in [2.45, 2.75) is 13.0 Å². The van der Waals surface area contributed by atoms with Gasteiger partial charge in [0.15, 0.2) is 0 Å². The third kappa shape index (κ3) is 4.28. The Kier molecular flexibility index (Phi) is 5.36. The van der Waals surface area contributed by atoms with Crippen molar-refractivity contribution < 1.29 is 14.4 Å². The molecule has 1 N–H and O–H groups in total. The molecule has 3 aromatic rings. The van der Waals surface area contributed by atoms with Crippen LogP contribution in [0.2, 0.25) is 0 Å². The normalized spacial score (nSPS) is 15.2. The molecule has 1 aliphatic rings. The molecule has 140 valence electrons. The van der Waals surface area contributed by atoms with Crippen molar-refractivity contribution >= 4 is 27.5 Å². The number of rotatable bonds is 5. The molecule has 0 unspecified atom stereocenters. The largest absolute Gasteiger partial charge is 0.497 e. The molecule has 1 amide bonds. The Morgan fingerprint density at radius 2 is 1.89 bits per heavy atom. The van der Waals surface area contributed by atoms with Gasteiger partial charge in [-0.15, -0.1) is 11.3 Å². The van der Waals surface area contributed by atoms with Gasteiger partial charge in [-0.1, -0.05) is 24.3 Å². The Bertz CT molecular complexity index is 882. The van der Waals surface area contributed by atoms with Crippen LogP contribution in [0.15, 0.2) is 48.5 Å². The number of ether oxygens (including phenoxy) is 1. The average Bonchev–Trinajstić information content (AvgIpc) is 3.11. The van der Waals surface area contributed by atoms with Crippen molar-refractivity contribution in [2.24, 2.45) is 0 Å². The van der Waals surface area contributed by atoms with Crippen molar-refractivity contribution in [2.75, 3.05) is 33.3 Å². The predicted molar refractivity (Wildman–Crippen MR) is 107 cm³/mol. The Morgan fingerprint density at radius 1 is 1.15 bits per heavy atom. The van der Waals surface area contributed by atoms with Gasteiger partial charge in [0.25, 0.3) is 0 Å². The van der Waals surface area contributed by atoms with E-state index in [1.54, 1.807) is 18.4 Å². The summed E-state index contributed by atoms with van der Waals surface area (Å²) >= 11 is 1.78. The minimum absolute atomic E-state index is 0.208. The number of carbonyl (C=O) groups is 1. The molecular weight excluding hydrogens is 358 g/mol. The number of hydrogen-bond donors (Lipinski definition) is 1. The highest BCUT2D eigenvalue weighted by molar-refractivity contribution is 7.18. The maximum atomic E-state index is 12.6. The number of methoxy groups -OCH3 is 1. The first-order chi connectivity index (χ1) is 13.2. The number of hydrogen-bond acceptors (Lipinski definition) is 4. The van der Waals surface area contributed by atoms with Crippen molar-refractivity contribution in [3.05, 3.63) is 59.1 Å². The van der Waals surface area contributed by atoms with Gasteiger partial charge in [0.1, 0.15) is 17.3 Å². The van der Waals surface area contributed by atoms with Crippen molar-refractivity contribution in [1.29, 1.82) is 0 Å². The van der Waals surface area contributed by atoms with Crippen LogP contribution >= 0.6 is 11.3 Å². The third-order valence-corrected chi connectivity index (χ3v) is 6.11. The van der Waals surface area contributed by atoms with Gasteiger partial charge in [0.2, 0.25) is 5.91 Å². The van der Waals surface area contributed by atoms with Gasteiger partial charge < -0.3 is 14.5 Å². The molecule has 0 bridgehead atoms. The Balaban J connectivity index is 1.29. The first-order valence-electron chi connectivity index (χ1n) is 9.30. The first kappa shape index (κ1) is 17.9. The van der Waals surface area contributed by atoms with E-state index in [4.69, 9.17) is 9.72 Å². The zero-order chi connectivity index (χ0) is 18.6. The molecule has 1 aliphatic heterocycles. The van der Waals surface area contributed by atoms with Crippen LogP contribution in [0.3, 0.4) is 0 Å². The van der Waals surface area contributed by atoms with Crippen LogP contribution in [0.25, 0.3) is 10.2 Å². The van der Waals surface area contributed by atoms with Crippen LogP contribution in [0.5, 0.6) is 5.75 Å². The summed E-state index contributed by atoms with van der Waals surface area (Å²) in [5.74, 6) is 1.03. The second kappa shape index (κ2) is 8.06. The summed E-state index contributed by atoms with van der Waals surface area (Å²) < 4.78 is 6.42. The van der Waals surface area contributed by atoms with Crippen LogP contribution in [-0.2, 0) is 17.8 Å². The number of para-hydroxylation sites is 1. The highest BCUT2D eigenvalue weighted by Gasteiger charge is 2.24. The van der Waals surface area contributed by atoms with Gasteiger partial charge in [0.05, 0.1) is 49.9 Å². The van der Waals surface area contributed by atoms with Crippen LogP contribution in [0.1, 0.15) is 10.6 Å². The van der Waals surface area contributed by atoms with Gasteiger partial charge in [-0.25, -0.2) is 4.98 Å². The third-order valence-electron chi connectivity index (χ3n) is 5.08. The number of amides is 1. The molecule has 0 spiro atoms. The molecule has 0 saturated carbocycles. The number of quaternary nitrogens is 1.